The molecule has 1 amide bonds. The molecular formula is C8H14N6OS. The first-order valence-electron chi connectivity index (χ1n) is 4.55. The molecule has 0 bridgehead atoms. The number of thiocarbonyl (C=S) groups is 1. The molecule has 0 aliphatic heterocycles. The quantitative estimate of drug-likeness (QED) is 0.522. The third kappa shape index (κ3) is 2.45. The molecule has 1 heterocycles. The Kier molecular flexibility index (Phi) is 3.43. The zero-order valence-electron chi connectivity index (χ0n) is 9.34. The van der Waals surface area contributed by atoms with Crippen LogP contribution in [0.2, 0.25) is 0 Å². The van der Waals surface area contributed by atoms with E-state index in [1.807, 2.05) is 0 Å². The fourth-order valence-electron chi connectivity index (χ4n) is 0.945. The van der Waals surface area contributed by atoms with Gasteiger partial charge in [-0.05, 0) is 26.1 Å². The van der Waals surface area contributed by atoms with Crippen molar-refractivity contribution in [3.05, 3.63) is 12.7 Å². The number of hydrogen-bond acceptors (Lipinski definition) is 4. The molecule has 8 heteroatoms. The molecule has 0 spiro atoms. The van der Waals surface area contributed by atoms with Gasteiger partial charge in [0.1, 0.15) is 18.2 Å². The Morgan fingerprint density at radius 3 is 2.69 bits per heavy atom. The first-order valence-corrected chi connectivity index (χ1v) is 4.96. The van der Waals surface area contributed by atoms with Gasteiger partial charge < -0.3 is 5.73 Å². The summed E-state index contributed by atoms with van der Waals surface area (Å²) in [6.45, 7) is 3.43. The number of nitrogens with two attached hydrogens (primary N) is 1. The van der Waals surface area contributed by atoms with Crippen LogP contribution in [0.1, 0.15) is 13.8 Å². The van der Waals surface area contributed by atoms with E-state index in [1.54, 1.807) is 20.9 Å². The summed E-state index contributed by atoms with van der Waals surface area (Å²) < 4.78 is 1.45. The summed E-state index contributed by atoms with van der Waals surface area (Å²) in [5, 5.41) is 5.28. The van der Waals surface area contributed by atoms with Gasteiger partial charge in [-0.25, -0.2) is 9.67 Å². The summed E-state index contributed by atoms with van der Waals surface area (Å²) in [6, 6.07) is 0. The van der Waals surface area contributed by atoms with Crippen molar-refractivity contribution in [2.24, 2.45) is 5.73 Å². The minimum atomic E-state index is -0.866. The van der Waals surface area contributed by atoms with Crippen LogP contribution in [-0.2, 0) is 10.3 Å². The van der Waals surface area contributed by atoms with E-state index in [4.69, 9.17) is 18.0 Å². The largest absolute Gasteiger partial charge is 0.375 e. The highest BCUT2D eigenvalue weighted by Crippen LogP contribution is 2.12. The zero-order chi connectivity index (χ0) is 12.3. The summed E-state index contributed by atoms with van der Waals surface area (Å²) in [5.41, 5.74) is 7.04. The molecule has 0 fully saturated rings. The number of carbonyl (C=O) groups excluding carboxylic acids is 1. The van der Waals surface area contributed by atoms with Crippen LogP contribution in [0.5, 0.6) is 0 Å². The molecule has 1 rings (SSSR count). The normalized spacial score (nSPS) is 10.9. The fourth-order valence-corrected chi connectivity index (χ4v) is 0.991. The SMILES string of the molecule is CN(NC(=O)C(C)(C)n1cncn1)C(N)=S. The lowest BCUT2D eigenvalue weighted by Crippen LogP contribution is -2.53. The second-order valence-corrected chi connectivity index (χ2v) is 4.16. The minimum absolute atomic E-state index is 0.0859. The number of carbonyl (C=O) groups is 1. The summed E-state index contributed by atoms with van der Waals surface area (Å²) in [4.78, 5) is 15.7. The van der Waals surface area contributed by atoms with Gasteiger partial charge >= 0.3 is 0 Å². The van der Waals surface area contributed by atoms with Gasteiger partial charge in [0.05, 0.1) is 0 Å². The lowest BCUT2D eigenvalue weighted by molar-refractivity contribution is -0.131. The molecule has 7 nitrogen and oxygen atoms in total. The molecule has 3 N–H and O–H groups in total. The average Bonchev–Trinajstić information content (AvgIpc) is 2.70. The molecule has 0 saturated carbocycles. The molecule has 0 saturated heterocycles. The van der Waals surface area contributed by atoms with Gasteiger partial charge in [0.15, 0.2) is 5.11 Å². The van der Waals surface area contributed by atoms with Crippen LogP contribution in [0.15, 0.2) is 12.7 Å². The summed E-state index contributed by atoms with van der Waals surface area (Å²) >= 11 is 4.71. The lowest BCUT2D eigenvalue weighted by atomic mass is 10.1. The Hall–Kier alpha value is -1.70. The van der Waals surface area contributed by atoms with Crippen LogP contribution in [0.4, 0.5) is 0 Å². The van der Waals surface area contributed by atoms with Crippen LogP contribution in [0.3, 0.4) is 0 Å². The standard InChI is InChI=1S/C8H14N6OS/c1-8(2,14-5-10-4-11-14)6(15)12-13(3)7(9)16/h4-5H,1-3H3,(H2,9,16)(H,12,15). The molecule has 0 aliphatic carbocycles. The summed E-state index contributed by atoms with van der Waals surface area (Å²) in [5.74, 6) is -0.284. The predicted molar refractivity (Wildman–Crippen MR) is 62.0 cm³/mol. The zero-order valence-corrected chi connectivity index (χ0v) is 10.2. The lowest BCUT2D eigenvalue weighted by Gasteiger charge is -2.27. The molecule has 1 aromatic heterocycles. The number of hydrazine groups is 1. The number of hydrogen-bond donors (Lipinski definition) is 2. The first kappa shape index (κ1) is 12.4. The molecular weight excluding hydrogens is 228 g/mol. The van der Waals surface area contributed by atoms with Crippen molar-refractivity contribution in [2.45, 2.75) is 19.4 Å². The van der Waals surface area contributed by atoms with Crippen molar-refractivity contribution in [3.63, 3.8) is 0 Å². The fraction of sp³-hybridized carbons (Fsp3) is 0.500. The van der Waals surface area contributed by atoms with Gasteiger partial charge in [-0.2, -0.15) is 5.10 Å². The van der Waals surface area contributed by atoms with E-state index in [9.17, 15) is 4.79 Å². The molecule has 0 unspecified atom stereocenters. The van der Waals surface area contributed by atoms with Crippen molar-refractivity contribution in [1.29, 1.82) is 0 Å². The van der Waals surface area contributed by atoms with E-state index in [0.717, 1.165) is 0 Å². The van der Waals surface area contributed by atoms with Crippen LogP contribution in [-0.4, -0.2) is 37.8 Å². The Labute approximate surface area is 98.6 Å². The van der Waals surface area contributed by atoms with Crippen LogP contribution in [0.25, 0.3) is 0 Å². The molecule has 0 aliphatic rings. The number of rotatable bonds is 2. The van der Waals surface area contributed by atoms with Crippen molar-refractivity contribution in [2.75, 3.05) is 7.05 Å². The van der Waals surface area contributed by atoms with E-state index < -0.39 is 5.54 Å². The molecule has 1 aromatic rings. The second kappa shape index (κ2) is 4.44. The molecule has 0 radical (unpaired) electrons. The van der Waals surface area contributed by atoms with Crippen molar-refractivity contribution in [1.82, 2.24) is 25.2 Å². The first-order chi connectivity index (χ1) is 7.35. The highest BCUT2D eigenvalue weighted by atomic mass is 32.1. The van der Waals surface area contributed by atoms with Gasteiger partial charge in [-0.15, -0.1) is 0 Å². The Balaban J connectivity index is 2.77. The Morgan fingerprint density at radius 2 is 2.25 bits per heavy atom. The van der Waals surface area contributed by atoms with Crippen LogP contribution in [0, 0.1) is 0 Å². The second-order valence-electron chi connectivity index (χ2n) is 3.74. The van der Waals surface area contributed by atoms with Crippen molar-refractivity contribution in [3.8, 4) is 0 Å². The number of nitrogens with zero attached hydrogens (tertiary/aromatic N) is 4. The van der Waals surface area contributed by atoms with E-state index in [2.05, 4.69) is 15.5 Å². The maximum Gasteiger partial charge on any atom is 0.266 e. The Morgan fingerprint density at radius 1 is 1.62 bits per heavy atom. The van der Waals surface area contributed by atoms with Gasteiger partial charge in [0.25, 0.3) is 5.91 Å². The number of amides is 1. The van der Waals surface area contributed by atoms with Gasteiger partial charge in [0, 0.05) is 7.05 Å². The van der Waals surface area contributed by atoms with Gasteiger partial charge in [0.2, 0.25) is 0 Å². The smallest absolute Gasteiger partial charge is 0.266 e. The average molecular weight is 242 g/mol. The summed E-state index contributed by atoms with van der Waals surface area (Å²) in [7, 11) is 1.57. The van der Waals surface area contributed by atoms with Crippen LogP contribution >= 0.6 is 12.2 Å². The van der Waals surface area contributed by atoms with Gasteiger partial charge in [-0.3, -0.25) is 15.2 Å². The highest BCUT2D eigenvalue weighted by molar-refractivity contribution is 7.80. The highest BCUT2D eigenvalue weighted by Gasteiger charge is 2.31. The van der Waals surface area contributed by atoms with Crippen molar-refractivity contribution < 1.29 is 4.79 Å². The van der Waals surface area contributed by atoms with Crippen molar-refractivity contribution >= 4 is 23.2 Å². The Bertz CT molecular complexity index is 387. The van der Waals surface area contributed by atoms with E-state index in [-0.39, 0.29) is 11.0 Å². The number of aromatic nitrogens is 3. The topological polar surface area (TPSA) is 89.1 Å². The van der Waals surface area contributed by atoms with E-state index in [1.165, 1.54) is 22.3 Å². The van der Waals surface area contributed by atoms with Gasteiger partial charge in [-0.1, -0.05) is 0 Å². The maximum absolute atomic E-state index is 11.9. The summed E-state index contributed by atoms with van der Waals surface area (Å²) in [6.07, 6.45) is 2.84. The third-order valence-corrected chi connectivity index (χ3v) is 2.42. The maximum atomic E-state index is 11.9. The molecule has 88 valence electrons. The van der Waals surface area contributed by atoms with E-state index in [0.29, 0.717) is 0 Å². The number of nitrogens with one attached hydrogen (secondary N) is 1. The monoisotopic (exact) mass is 242 g/mol. The minimum Gasteiger partial charge on any atom is -0.375 e. The van der Waals surface area contributed by atoms with Crippen LogP contribution < -0.4 is 11.2 Å². The van der Waals surface area contributed by atoms with E-state index >= 15 is 0 Å². The molecule has 0 aromatic carbocycles. The molecule has 16 heavy (non-hydrogen) atoms. The third-order valence-electron chi connectivity index (χ3n) is 2.15. The predicted octanol–water partition coefficient (Wildman–Crippen LogP) is -0.780. The molecule has 0 atom stereocenters.